The van der Waals surface area contributed by atoms with Crippen molar-refractivity contribution in [1.29, 1.82) is 0 Å². The second-order valence-electron chi connectivity index (χ2n) is 5.70. The van der Waals surface area contributed by atoms with Crippen LogP contribution in [0.5, 0.6) is 0 Å². The molecule has 2 N–H and O–H groups in total. The summed E-state index contributed by atoms with van der Waals surface area (Å²) in [5.41, 5.74) is 9.81. The normalized spacial score (nSPS) is 18.9. The van der Waals surface area contributed by atoms with Gasteiger partial charge in [-0.3, -0.25) is 0 Å². The van der Waals surface area contributed by atoms with E-state index in [-0.39, 0.29) is 17.8 Å². The van der Waals surface area contributed by atoms with Gasteiger partial charge in [0.2, 0.25) is 0 Å². The van der Waals surface area contributed by atoms with Crippen molar-refractivity contribution in [3.63, 3.8) is 0 Å². The van der Waals surface area contributed by atoms with Crippen LogP contribution in [0.15, 0.2) is 52.9 Å². The summed E-state index contributed by atoms with van der Waals surface area (Å²) in [5.74, 6) is 0.749. The number of hydrogen-bond donors (Lipinski definition) is 1. The summed E-state index contributed by atoms with van der Waals surface area (Å²) >= 11 is 0. The Labute approximate surface area is 122 Å². The summed E-state index contributed by atoms with van der Waals surface area (Å²) in [6, 6.07) is 14.7. The van der Waals surface area contributed by atoms with Crippen molar-refractivity contribution in [2.75, 3.05) is 0 Å². The number of furan rings is 1. The van der Waals surface area contributed by atoms with Gasteiger partial charge in [-0.25, -0.2) is 4.39 Å². The molecule has 3 aromatic rings. The minimum absolute atomic E-state index is 0.191. The second kappa shape index (κ2) is 4.71. The highest BCUT2D eigenvalue weighted by Crippen LogP contribution is 2.41. The van der Waals surface area contributed by atoms with Gasteiger partial charge < -0.3 is 10.2 Å². The lowest BCUT2D eigenvalue weighted by Crippen LogP contribution is -2.17. The Morgan fingerprint density at radius 3 is 2.90 bits per heavy atom. The minimum atomic E-state index is -0.255. The van der Waals surface area contributed by atoms with Crippen molar-refractivity contribution in [1.82, 2.24) is 0 Å². The van der Waals surface area contributed by atoms with Crippen LogP contribution >= 0.6 is 0 Å². The standard InChI is InChI=1S/C18H16FNO/c19-13-6-8-16-12(9-13)10-17(21-16)18(20)15-7-5-11-3-1-2-4-14(11)15/h1-4,6,8-10,15,18H,5,7,20H2. The van der Waals surface area contributed by atoms with Crippen LogP contribution in [0.1, 0.15) is 35.3 Å². The van der Waals surface area contributed by atoms with E-state index in [2.05, 4.69) is 24.3 Å². The first-order valence-electron chi connectivity index (χ1n) is 7.25. The molecule has 21 heavy (non-hydrogen) atoms. The number of nitrogens with two attached hydrogens (primary N) is 1. The highest BCUT2D eigenvalue weighted by molar-refractivity contribution is 5.78. The molecule has 0 saturated heterocycles. The smallest absolute Gasteiger partial charge is 0.134 e. The molecule has 106 valence electrons. The zero-order valence-corrected chi connectivity index (χ0v) is 11.6. The average molecular weight is 281 g/mol. The Balaban J connectivity index is 1.72. The Morgan fingerprint density at radius 1 is 1.14 bits per heavy atom. The topological polar surface area (TPSA) is 39.2 Å². The number of hydrogen-bond acceptors (Lipinski definition) is 2. The molecule has 0 spiro atoms. The molecule has 0 fully saturated rings. The van der Waals surface area contributed by atoms with Crippen LogP contribution in [-0.4, -0.2) is 0 Å². The van der Waals surface area contributed by atoms with Gasteiger partial charge in [0, 0.05) is 11.3 Å². The number of fused-ring (bicyclic) bond motifs is 2. The van der Waals surface area contributed by atoms with Gasteiger partial charge in [0.05, 0.1) is 6.04 Å². The van der Waals surface area contributed by atoms with Crippen molar-refractivity contribution in [3.05, 3.63) is 71.2 Å². The van der Waals surface area contributed by atoms with E-state index in [1.807, 2.05) is 6.07 Å². The fourth-order valence-corrected chi connectivity index (χ4v) is 3.36. The molecule has 2 aromatic carbocycles. The van der Waals surface area contributed by atoms with Crippen molar-refractivity contribution in [2.45, 2.75) is 24.8 Å². The van der Waals surface area contributed by atoms with Gasteiger partial charge in [0.25, 0.3) is 0 Å². The van der Waals surface area contributed by atoms with Crippen molar-refractivity contribution < 1.29 is 8.81 Å². The monoisotopic (exact) mass is 281 g/mol. The van der Waals surface area contributed by atoms with Gasteiger partial charge in [0.1, 0.15) is 17.2 Å². The van der Waals surface area contributed by atoms with E-state index in [1.165, 1.54) is 23.3 Å². The lowest BCUT2D eigenvalue weighted by molar-refractivity contribution is 0.441. The summed E-state index contributed by atoms with van der Waals surface area (Å²) in [4.78, 5) is 0. The summed E-state index contributed by atoms with van der Waals surface area (Å²) in [6.45, 7) is 0. The molecule has 0 bridgehead atoms. The molecule has 1 aliphatic carbocycles. The van der Waals surface area contributed by atoms with Gasteiger partial charge in [0.15, 0.2) is 0 Å². The molecule has 1 aliphatic rings. The molecule has 3 heteroatoms. The minimum Gasteiger partial charge on any atom is -0.459 e. The van der Waals surface area contributed by atoms with Crippen LogP contribution in [0.4, 0.5) is 4.39 Å². The van der Waals surface area contributed by atoms with Crippen LogP contribution in [-0.2, 0) is 6.42 Å². The summed E-state index contributed by atoms with van der Waals surface area (Å²) in [6.07, 6.45) is 2.09. The molecular formula is C18H16FNO. The zero-order chi connectivity index (χ0) is 14.4. The van der Waals surface area contributed by atoms with E-state index in [0.29, 0.717) is 5.58 Å². The fourth-order valence-electron chi connectivity index (χ4n) is 3.36. The molecule has 2 nitrogen and oxygen atoms in total. The Morgan fingerprint density at radius 2 is 2.00 bits per heavy atom. The summed E-state index contributed by atoms with van der Waals surface area (Å²) in [7, 11) is 0. The second-order valence-corrected chi connectivity index (χ2v) is 5.70. The number of halogens is 1. The molecular weight excluding hydrogens is 265 g/mol. The molecule has 4 rings (SSSR count). The molecule has 0 radical (unpaired) electrons. The number of aryl methyl sites for hydroxylation is 1. The molecule has 0 aliphatic heterocycles. The lowest BCUT2D eigenvalue weighted by atomic mass is 9.92. The van der Waals surface area contributed by atoms with E-state index in [4.69, 9.17) is 10.2 Å². The maximum atomic E-state index is 13.3. The molecule has 2 atom stereocenters. The zero-order valence-electron chi connectivity index (χ0n) is 11.6. The number of rotatable bonds is 2. The first-order valence-corrected chi connectivity index (χ1v) is 7.25. The lowest BCUT2D eigenvalue weighted by Gasteiger charge is -2.18. The largest absolute Gasteiger partial charge is 0.459 e. The third-order valence-electron chi connectivity index (χ3n) is 4.44. The van der Waals surface area contributed by atoms with Crippen molar-refractivity contribution in [2.24, 2.45) is 5.73 Å². The molecule has 0 saturated carbocycles. The Hall–Kier alpha value is -2.13. The van der Waals surface area contributed by atoms with E-state index in [9.17, 15) is 4.39 Å². The molecule has 1 aromatic heterocycles. The Kier molecular flexibility index (Phi) is 2.82. The predicted molar refractivity (Wildman–Crippen MR) is 80.6 cm³/mol. The third kappa shape index (κ3) is 2.05. The quantitative estimate of drug-likeness (QED) is 0.760. The van der Waals surface area contributed by atoms with Gasteiger partial charge in [-0.2, -0.15) is 0 Å². The van der Waals surface area contributed by atoms with E-state index in [0.717, 1.165) is 24.0 Å². The maximum absolute atomic E-state index is 13.3. The average Bonchev–Trinajstić information content (AvgIpc) is 3.09. The van der Waals surface area contributed by atoms with Gasteiger partial charge >= 0.3 is 0 Å². The van der Waals surface area contributed by atoms with E-state index < -0.39 is 0 Å². The van der Waals surface area contributed by atoms with Crippen LogP contribution < -0.4 is 5.73 Å². The van der Waals surface area contributed by atoms with Crippen LogP contribution in [0.25, 0.3) is 11.0 Å². The van der Waals surface area contributed by atoms with Crippen molar-refractivity contribution >= 4 is 11.0 Å². The van der Waals surface area contributed by atoms with Gasteiger partial charge in [-0.05, 0) is 48.2 Å². The molecule has 1 heterocycles. The van der Waals surface area contributed by atoms with Crippen LogP contribution in [0.3, 0.4) is 0 Å². The number of benzene rings is 2. The van der Waals surface area contributed by atoms with Crippen LogP contribution in [0, 0.1) is 5.82 Å². The van der Waals surface area contributed by atoms with Crippen LogP contribution in [0.2, 0.25) is 0 Å². The first kappa shape index (κ1) is 12.6. The fraction of sp³-hybridized carbons (Fsp3) is 0.222. The summed E-state index contributed by atoms with van der Waals surface area (Å²) in [5, 5.41) is 0.770. The van der Waals surface area contributed by atoms with E-state index >= 15 is 0 Å². The van der Waals surface area contributed by atoms with E-state index in [1.54, 1.807) is 6.07 Å². The first-order chi connectivity index (χ1) is 10.2. The highest BCUT2D eigenvalue weighted by Gasteiger charge is 2.30. The molecule has 2 unspecified atom stereocenters. The SMILES string of the molecule is NC(c1cc2cc(F)ccc2o1)C1CCc2ccccc21. The summed E-state index contributed by atoms with van der Waals surface area (Å²) < 4.78 is 19.1. The van der Waals surface area contributed by atoms with Gasteiger partial charge in [-0.15, -0.1) is 0 Å². The predicted octanol–water partition coefficient (Wildman–Crippen LogP) is 4.30. The van der Waals surface area contributed by atoms with Gasteiger partial charge in [-0.1, -0.05) is 24.3 Å². The maximum Gasteiger partial charge on any atom is 0.134 e. The Bertz CT molecular complexity index is 808. The highest BCUT2D eigenvalue weighted by atomic mass is 19.1. The third-order valence-corrected chi connectivity index (χ3v) is 4.44. The molecule has 0 amide bonds. The van der Waals surface area contributed by atoms with Crippen molar-refractivity contribution in [3.8, 4) is 0 Å².